The molecule has 11 heteroatoms. The van der Waals surface area contributed by atoms with E-state index in [1.54, 1.807) is 35.9 Å². The summed E-state index contributed by atoms with van der Waals surface area (Å²) >= 11 is 6.78. The predicted octanol–water partition coefficient (Wildman–Crippen LogP) is 5.29. The molecule has 0 atom stereocenters. The van der Waals surface area contributed by atoms with Gasteiger partial charge >= 0.3 is 0 Å². The number of hydrogen-bond acceptors (Lipinski definition) is 7. The number of anilines is 2. The van der Waals surface area contributed by atoms with Crippen molar-refractivity contribution in [2.75, 3.05) is 56.5 Å². The number of phenols is 1. The zero-order valence-electron chi connectivity index (χ0n) is 24.0. The highest BCUT2D eigenvalue weighted by atomic mass is 35.5. The first-order valence-corrected chi connectivity index (χ1v) is 14.5. The van der Waals surface area contributed by atoms with Gasteiger partial charge in [-0.1, -0.05) is 42.8 Å². The number of nitrogens with zero attached hydrogens (tertiary/aromatic N) is 5. The Hall–Kier alpha value is -4.18. The lowest BCUT2D eigenvalue weighted by Crippen LogP contribution is -2.48. The van der Waals surface area contributed by atoms with Crippen molar-refractivity contribution in [2.24, 2.45) is 0 Å². The molecular formula is C31H34ClFN6O3. The Morgan fingerprint density at radius 3 is 2.55 bits per heavy atom. The molecule has 0 radical (unpaired) electrons. The Kier molecular flexibility index (Phi) is 8.63. The second-order valence-corrected chi connectivity index (χ2v) is 10.9. The highest BCUT2D eigenvalue weighted by molar-refractivity contribution is 6.35. The molecule has 0 saturated carbocycles. The third-order valence-electron chi connectivity index (χ3n) is 7.61. The lowest BCUT2D eigenvalue weighted by molar-refractivity contribution is -0.130. The summed E-state index contributed by atoms with van der Waals surface area (Å²) in [5.74, 6) is 0.0202. The minimum absolute atomic E-state index is 0.000620. The lowest BCUT2D eigenvalue weighted by Gasteiger charge is -2.35. The third kappa shape index (κ3) is 5.90. The normalized spacial score (nSPS) is 13.5. The molecule has 1 aromatic heterocycles. The highest BCUT2D eigenvalue weighted by Gasteiger charge is 2.26. The van der Waals surface area contributed by atoms with Gasteiger partial charge in [0.1, 0.15) is 17.1 Å². The van der Waals surface area contributed by atoms with Crippen LogP contribution in [-0.4, -0.2) is 83.0 Å². The van der Waals surface area contributed by atoms with Crippen molar-refractivity contribution >= 4 is 56.9 Å². The molecule has 2 amide bonds. The molecule has 42 heavy (non-hydrogen) atoms. The number of aromatic nitrogens is 2. The van der Waals surface area contributed by atoms with Crippen molar-refractivity contribution in [1.29, 1.82) is 0 Å². The van der Waals surface area contributed by atoms with Gasteiger partial charge in [0.05, 0.1) is 5.02 Å². The fourth-order valence-electron chi connectivity index (χ4n) is 5.41. The average molecular weight is 593 g/mol. The molecule has 9 nitrogen and oxygen atoms in total. The fraction of sp³-hybridized carbons (Fsp3) is 0.355. The summed E-state index contributed by atoms with van der Waals surface area (Å²) in [4.78, 5) is 39.1. The van der Waals surface area contributed by atoms with Crippen molar-refractivity contribution in [3.05, 3.63) is 53.3 Å². The van der Waals surface area contributed by atoms with Crippen LogP contribution in [0.4, 0.5) is 16.2 Å². The zero-order chi connectivity index (χ0) is 30.0. The Balaban J connectivity index is 1.59. The van der Waals surface area contributed by atoms with Crippen molar-refractivity contribution in [3.63, 3.8) is 0 Å². The molecule has 0 aliphatic carbocycles. The number of benzene rings is 3. The van der Waals surface area contributed by atoms with Gasteiger partial charge in [-0.25, -0.2) is 9.37 Å². The van der Waals surface area contributed by atoms with Gasteiger partial charge in [0, 0.05) is 70.6 Å². The molecule has 1 saturated heterocycles. The van der Waals surface area contributed by atoms with Gasteiger partial charge in [-0.3, -0.25) is 9.59 Å². The first kappa shape index (κ1) is 29.3. The first-order valence-electron chi connectivity index (χ1n) is 14.1. The third-order valence-corrected chi connectivity index (χ3v) is 7.91. The summed E-state index contributed by atoms with van der Waals surface area (Å²) in [5.41, 5.74) is 0.645. The number of rotatable bonds is 8. The van der Waals surface area contributed by atoms with Crippen LogP contribution in [0, 0.1) is 5.82 Å². The molecule has 0 bridgehead atoms. The highest BCUT2D eigenvalue weighted by Crippen LogP contribution is 2.42. The molecule has 1 aliphatic rings. The lowest BCUT2D eigenvalue weighted by atomic mass is 9.96. The molecule has 0 unspecified atom stereocenters. The van der Waals surface area contributed by atoms with Crippen LogP contribution in [0.25, 0.3) is 32.8 Å². The van der Waals surface area contributed by atoms with Crippen LogP contribution in [-0.2, 0) is 9.59 Å². The maximum atomic E-state index is 16.6. The number of carbonyl (C=O) groups is 2. The maximum absolute atomic E-state index is 16.6. The zero-order valence-corrected chi connectivity index (χ0v) is 24.7. The number of carbonyl (C=O) groups excluding carboxylic acids is 2. The number of piperazine rings is 1. The standard InChI is InChI=1S/C31H34ClFN6O3/c1-4-11-37(3)26(42)9-10-34-31-35-29-24(30(36-31)39-14-12-38(13-15-39)19(2)40)18-25(32)27(28(29)33)23-17-21(41)16-20-7-5-6-8-22(20)23/h5-8,16-18,41H,4,9-15H2,1-3H3,(H,34,35,36). The number of nitrogens with one attached hydrogen (secondary N) is 1. The van der Waals surface area contributed by atoms with Crippen LogP contribution in [0.3, 0.4) is 0 Å². The van der Waals surface area contributed by atoms with Gasteiger partial charge in [-0.15, -0.1) is 0 Å². The van der Waals surface area contributed by atoms with E-state index in [0.717, 1.165) is 17.2 Å². The fourth-order valence-corrected chi connectivity index (χ4v) is 5.71. The minimum atomic E-state index is -0.638. The largest absolute Gasteiger partial charge is 0.508 e. The van der Waals surface area contributed by atoms with E-state index in [4.69, 9.17) is 16.6 Å². The Labute approximate surface area is 248 Å². The van der Waals surface area contributed by atoms with E-state index in [2.05, 4.69) is 10.3 Å². The molecular weight excluding hydrogens is 559 g/mol. The average Bonchev–Trinajstić information content (AvgIpc) is 2.97. The van der Waals surface area contributed by atoms with Crippen molar-refractivity contribution in [1.82, 2.24) is 19.8 Å². The predicted molar refractivity (Wildman–Crippen MR) is 165 cm³/mol. The SMILES string of the molecule is CCCN(C)C(=O)CCNc1nc(N2CCN(C(C)=O)CC2)c2cc(Cl)c(-c3cc(O)cc4ccccc34)c(F)c2n1. The summed E-state index contributed by atoms with van der Waals surface area (Å²) in [6.07, 6.45) is 1.09. The van der Waals surface area contributed by atoms with Gasteiger partial charge in [-0.2, -0.15) is 4.98 Å². The van der Waals surface area contributed by atoms with E-state index in [9.17, 15) is 14.7 Å². The summed E-state index contributed by atoms with van der Waals surface area (Å²) in [7, 11) is 1.77. The molecule has 5 rings (SSSR count). The van der Waals surface area contributed by atoms with E-state index >= 15 is 4.39 Å². The van der Waals surface area contributed by atoms with Crippen LogP contribution in [0.15, 0.2) is 42.5 Å². The van der Waals surface area contributed by atoms with Crippen molar-refractivity contribution in [3.8, 4) is 16.9 Å². The van der Waals surface area contributed by atoms with E-state index < -0.39 is 5.82 Å². The number of amides is 2. The number of fused-ring (bicyclic) bond motifs is 2. The first-order chi connectivity index (χ1) is 20.2. The summed E-state index contributed by atoms with van der Waals surface area (Å²) in [6, 6.07) is 12.2. The second-order valence-electron chi connectivity index (χ2n) is 10.5. The molecule has 4 aromatic rings. The number of hydrogen-bond donors (Lipinski definition) is 2. The van der Waals surface area contributed by atoms with Crippen molar-refractivity contribution in [2.45, 2.75) is 26.7 Å². The van der Waals surface area contributed by atoms with Crippen LogP contribution >= 0.6 is 11.6 Å². The number of phenolic OH excluding ortho intramolecular Hbond substituents is 1. The topological polar surface area (TPSA) is 102 Å². The van der Waals surface area contributed by atoms with E-state index in [0.29, 0.717) is 49.5 Å². The number of aromatic hydroxyl groups is 1. The summed E-state index contributed by atoms with van der Waals surface area (Å²) < 4.78 is 16.6. The molecule has 1 fully saturated rings. The van der Waals surface area contributed by atoms with Gasteiger partial charge in [0.15, 0.2) is 5.82 Å². The van der Waals surface area contributed by atoms with Crippen LogP contribution in [0.1, 0.15) is 26.7 Å². The second kappa shape index (κ2) is 12.4. The van der Waals surface area contributed by atoms with Crippen LogP contribution in [0.2, 0.25) is 5.02 Å². The van der Waals surface area contributed by atoms with Crippen LogP contribution < -0.4 is 10.2 Å². The Bertz CT molecular complexity index is 1660. The van der Waals surface area contributed by atoms with E-state index in [1.807, 2.05) is 36.1 Å². The van der Waals surface area contributed by atoms with Gasteiger partial charge in [0.2, 0.25) is 17.8 Å². The maximum Gasteiger partial charge on any atom is 0.225 e. The molecule has 1 aliphatic heterocycles. The minimum Gasteiger partial charge on any atom is -0.508 e. The Morgan fingerprint density at radius 1 is 1.10 bits per heavy atom. The molecule has 2 heterocycles. The molecule has 3 aromatic carbocycles. The van der Waals surface area contributed by atoms with Crippen molar-refractivity contribution < 1.29 is 19.1 Å². The van der Waals surface area contributed by atoms with E-state index in [-0.39, 0.29) is 52.6 Å². The quantitative estimate of drug-likeness (QED) is 0.287. The van der Waals surface area contributed by atoms with Gasteiger partial charge in [0.25, 0.3) is 0 Å². The van der Waals surface area contributed by atoms with E-state index in [1.165, 1.54) is 6.07 Å². The summed E-state index contributed by atoms with van der Waals surface area (Å²) in [6.45, 7) is 6.51. The number of halogens is 2. The van der Waals surface area contributed by atoms with Crippen LogP contribution in [0.5, 0.6) is 5.75 Å². The smallest absolute Gasteiger partial charge is 0.225 e. The monoisotopic (exact) mass is 592 g/mol. The molecule has 0 spiro atoms. The molecule has 2 N–H and O–H groups in total. The molecule has 220 valence electrons. The Morgan fingerprint density at radius 2 is 1.83 bits per heavy atom. The summed E-state index contributed by atoms with van der Waals surface area (Å²) in [5, 5.41) is 15.6. The van der Waals surface area contributed by atoms with Gasteiger partial charge < -0.3 is 25.1 Å². The van der Waals surface area contributed by atoms with Gasteiger partial charge in [-0.05, 0) is 41.0 Å².